The number of carbonyl (C=O) groups is 1. The first kappa shape index (κ1) is 20.1. The molecule has 3 N–H and O–H groups in total. The lowest BCUT2D eigenvalue weighted by molar-refractivity contribution is 0.102. The largest absolute Gasteiger partial charge is 0.397 e. The van der Waals surface area contributed by atoms with Gasteiger partial charge < -0.3 is 15.6 Å². The van der Waals surface area contributed by atoms with Crippen molar-refractivity contribution in [1.82, 2.24) is 0 Å². The van der Waals surface area contributed by atoms with Gasteiger partial charge in [-0.05, 0) is 54.5 Å². The molecule has 3 rings (SSSR count). The number of nitrogens with one attached hydrogen (secondary N) is 1. The number of hydrogen-bond acceptors (Lipinski definition) is 3. The Morgan fingerprint density at radius 2 is 1.71 bits per heavy atom. The van der Waals surface area contributed by atoms with Crippen LogP contribution < -0.4 is 11.1 Å². The fourth-order valence-electron chi connectivity index (χ4n) is 2.95. The third-order valence-corrected chi connectivity index (χ3v) is 5.89. The minimum atomic E-state index is -0.469. The van der Waals surface area contributed by atoms with E-state index in [1.165, 1.54) is 5.56 Å². The van der Waals surface area contributed by atoms with Crippen molar-refractivity contribution in [2.24, 2.45) is 0 Å². The van der Waals surface area contributed by atoms with Crippen molar-refractivity contribution in [2.45, 2.75) is 13.1 Å². The molecule has 0 spiro atoms. The van der Waals surface area contributed by atoms with Gasteiger partial charge in [0.15, 0.2) is 0 Å². The van der Waals surface area contributed by atoms with Gasteiger partial charge in [-0.15, -0.1) is 0 Å². The van der Waals surface area contributed by atoms with E-state index in [0.29, 0.717) is 16.9 Å². The first-order valence-corrected chi connectivity index (χ1v) is 11.2. The number of rotatable bonds is 7. The molecule has 0 saturated heterocycles. The predicted molar refractivity (Wildman–Crippen MR) is 119 cm³/mol. The van der Waals surface area contributed by atoms with E-state index in [2.05, 4.69) is 12.0 Å². The lowest BCUT2D eigenvalue weighted by Gasteiger charge is -2.13. The zero-order valence-electron chi connectivity index (χ0n) is 16.2. The Bertz CT molecular complexity index is 927. The number of anilines is 2. The first-order chi connectivity index (χ1) is 13.6. The molecular formula is C23H25N2O2P. The Hall–Kier alpha value is -2.68. The zero-order valence-corrected chi connectivity index (χ0v) is 17.1. The molecule has 28 heavy (non-hydrogen) atoms. The van der Waals surface area contributed by atoms with Crippen molar-refractivity contribution in [3.8, 4) is 11.1 Å². The summed E-state index contributed by atoms with van der Waals surface area (Å²) in [4.78, 5) is 12.7. The van der Waals surface area contributed by atoms with Gasteiger partial charge in [-0.1, -0.05) is 48.5 Å². The summed E-state index contributed by atoms with van der Waals surface area (Å²) < 4.78 is 5.63. The number of benzene rings is 3. The van der Waals surface area contributed by atoms with Crippen LogP contribution in [0.5, 0.6) is 0 Å². The van der Waals surface area contributed by atoms with E-state index in [1.54, 1.807) is 0 Å². The molecule has 0 fully saturated rings. The molecule has 3 aromatic rings. The number of hydrogen-bond donors (Lipinski definition) is 2. The Labute approximate surface area is 167 Å². The minimum absolute atomic E-state index is 0.174. The molecule has 0 aliphatic heterocycles. The molecule has 3 aromatic carbocycles. The van der Waals surface area contributed by atoms with Crippen LogP contribution in [0.25, 0.3) is 11.1 Å². The van der Waals surface area contributed by atoms with Crippen LogP contribution >= 0.6 is 8.15 Å². The van der Waals surface area contributed by atoms with E-state index >= 15 is 0 Å². The van der Waals surface area contributed by atoms with Gasteiger partial charge in [0.05, 0.1) is 11.4 Å². The standard InChI is InChI=1S/C23H25N2O2P/c1-3-27-28(2)16-17-9-11-19(12-10-17)23(26)25-22-15-20(13-14-21(22)24)18-7-5-4-6-8-18/h4-15H,3,16,24H2,1-2H3,(H,25,26). The Kier molecular flexibility index (Phi) is 6.80. The smallest absolute Gasteiger partial charge is 0.255 e. The van der Waals surface area contributed by atoms with E-state index in [1.807, 2.05) is 79.7 Å². The molecular weight excluding hydrogens is 367 g/mol. The molecule has 0 bridgehead atoms. The summed E-state index contributed by atoms with van der Waals surface area (Å²) in [6.07, 6.45) is 0.886. The average molecular weight is 392 g/mol. The van der Waals surface area contributed by atoms with Gasteiger partial charge >= 0.3 is 0 Å². The highest BCUT2D eigenvalue weighted by Crippen LogP contribution is 2.36. The third-order valence-electron chi connectivity index (χ3n) is 4.38. The predicted octanol–water partition coefficient (Wildman–Crippen LogP) is 5.75. The molecule has 144 valence electrons. The first-order valence-electron chi connectivity index (χ1n) is 9.26. The second-order valence-electron chi connectivity index (χ2n) is 6.52. The Morgan fingerprint density at radius 1 is 1.00 bits per heavy atom. The van der Waals surface area contributed by atoms with Crippen LogP contribution in [0.3, 0.4) is 0 Å². The van der Waals surface area contributed by atoms with Crippen molar-refractivity contribution in [3.05, 3.63) is 83.9 Å². The number of amides is 1. The normalized spacial score (nSPS) is 11.8. The Morgan fingerprint density at radius 3 is 2.39 bits per heavy atom. The molecule has 5 heteroatoms. The van der Waals surface area contributed by atoms with Crippen LogP contribution in [-0.4, -0.2) is 19.2 Å². The SMILES string of the molecule is CCOP(C)Cc1ccc(C(=O)Nc2cc(-c3ccccc3)ccc2N)cc1. The highest BCUT2D eigenvalue weighted by atomic mass is 31.1. The van der Waals surface area contributed by atoms with E-state index in [0.717, 1.165) is 23.9 Å². The summed E-state index contributed by atoms with van der Waals surface area (Å²) >= 11 is 0. The Balaban J connectivity index is 1.72. The van der Waals surface area contributed by atoms with Crippen LogP contribution in [0.4, 0.5) is 11.4 Å². The van der Waals surface area contributed by atoms with Gasteiger partial charge in [0.25, 0.3) is 5.91 Å². The minimum Gasteiger partial charge on any atom is -0.397 e. The van der Waals surface area contributed by atoms with Crippen LogP contribution in [0.2, 0.25) is 0 Å². The number of carbonyl (C=O) groups excluding carboxylic acids is 1. The summed E-state index contributed by atoms with van der Waals surface area (Å²) in [6, 6.07) is 23.3. The van der Waals surface area contributed by atoms with E-state index in [4.69, 9.17) is 10.3 Å². The highest BCUT2D eigenvalue weighted by molar-refractivity contribution is 7.50. The third kappa shape index (κ3) is 5.19. The zero-order chi connectivity index (χ0) is 19.9. The number of nitrogen functional groups attached to an aromatic ring is 1. The lowest BCUT2D eigenvalue weighted by atomic mass is 10.0. The number of nitrogens with two attached hydrogens (primary N) is 1. The van der Waals surface area contributed by atoms with Crippen molar-refractivity contribution >= 4 is 25.4 Å². The van der Waals surface area contributed by atoms with Crippen molar-refractivity contribution < 1.29 is 9.32 Å². The van der Waals surface area contributed by atoms with E-state index in [9.17, 15) is 4.79 Å². The fourth-order valence-corrected chi connectivity index (χ4v) is 4.21. The quantitative estimate of drug-likeness (QED) is 0.397. The van der Waals surface area contributed by atoms with Gasteiger partial charge in [-0.2, -0.15) is 0 Å². The second-order valence-corrected chi connectivity index (χ2v) is 8.35. The summed E-state index contributed by atoms with van der Waals surface area (Å²) in [5.41, 5.74) is 11.1. The fraction of sp³-hybridized carbons (Fsp3) is 0.174. The maximum absolute atomic E-state index is 12.7. The van der Waals surface area contributed by atoms with Crippen LogP contribution in [0, 0.1) is 0 Å². The molecule has 0 heterocycles. The van der Waals surface area contributed by atoms with Crippen molar-refractivity contribution in [3.63, 3.8) is 0 Å². The monoisotopic (exact) mass is 392 g/mol. The van der Waals surface area contributed by atoms with Crippen LogP contribution in [0.15, 0.2) is 72.8 Å². The van der Waals surface area contributed by atoms with Crippen LogP contribution in [0.1, 0.15) is 22.8 Å². The van der Waals surface area contributed by atoms with Gasteiger partial charge in [-0.3, -0.25) is 4.79 Å². The molecule has 0 saturated carbocycles. The van der Waals surface area contributed by atoms with Gasteiger partial charge in [0.1, 0.15) is 0 Å². The van der Waals surface area contributed by atoms with Gasteiger partial charge in [-0.25, -0.2) is 0 Å². The summed E-state index contributed by atoms with van der Waals surface area (Å²) in [5, 5.41) is 2.93. The molecule has 1 atom stereocenters. The summed E-state index contributed by atoms with van der Waals surface area (Å²) in [6.45, 7) is 4.85. The average Bonchev–Trinajstić information content (AvgIpc) is 2.71. The van der Waals surface area contributed by atoms with Crippen molar-refractivity contribution in [2.75, 3.05) is 24.3 Å². The summed E-state index contributed by atoms with van der Waals surface area (Å²) in [5.74, 6) is -0.174. The molecule has 1 amide bonds. The molecule has 4 nitrogen and oxygen atoms in total. The topological polar surface area (TPSA) is 64.3 Å². The molecule has 0 aliphatic carbocycles. The van der Waals surface area contributed by atoms with Crippen molar-refractivity contribution in [1.29, 1.82) is 0 Å². The summed E-state index contributed by atoms with van der Waals surface area (Å²) in [7, 11) is -0.469. The van der Waals surface area contributed by atoms with Gasteiger partial charge in [0, 0.05) is 26.5 Å². The van der Waals surface area contributed by atoms with Crippen LogP contribution in [-0.2, 0) is 10.7 Å². The molecule has 0 aliphatic rings. The lowest BCUT2D eigenvalue weighted by Crippen LogP contribution is -2.13. The molecule has 0 aromatic heterocycles. The second kappa shape index (κ2) is 9.50. The maximum atomic E-state index is 12.7. The maximum Gasteiger partial charge on any atom is 0.255 e. The van der Waals surface area contributed by atoms with E-state index in [-0.39, 0.29) is 5.91 Å². The van der Waals surface area contributed by atoms with E-state index < -0.39 is 8.15 Å². The molecule has 0 radical (unpaired) electrons. The highest BCUT2D eigenvalue weighted by Gasteiger charge is 2.10. The molecule has 1 unspecified atom stereocenters. The van der Waals surface area contributed by atoms with Gasteiger partial charge in [0.2, 0.25) is 0 Å².